The van der Waals surface area contributed by atoms with E-state index >= 15 is 0 Å². The Labute approximate surface area is 84.3 Å². The molecule has 76 valence electrons. The second kappa shape index (κ2) is 3.88. The van der Waals surface area contributed by atoms with E-state index in [1.807, 2.05) is 30.3 Å². The van der Waals surface area contributed by atoms with Crippen LogP contribution in [0.25, 0.3) is 0 Å². The number of benzene rings is 1. The van der Waals surface area contributed by atoms with Gasteiger partial charge in [-0.25, -0.2) is 0 Å². The van der Waals surface area contributed by atoms with Gasteiger partial charge in [-0.2, -0.15) is 0 Å². The van der Waals surface area contributed by atoms with Crippen LogP contribution in [-0.2, 0) is 4.57 Å². The molecule has 1 saturated heterocycles. The van der Waals surface area contributed by atoms with E-state index in [9.17, 15) is 9.67 Å². The summed E-state index contributed by atoms with van der Waals surface area (Å²) in [7, 11) is -2.16. The van der Waals surface area contributed by atoms with E-state index in [1.165, 1.54) is 0 Å². The Morgan fingerprint density at radius 3 is 2.29 bits per heavy atom. The molecule has 2 nitrogen and oxygen atoms in total. The van der Waals surface area contributed by atoms with Gasteiger partial charge in [-0.05, 0) is 12.8 Å². The van der Waals surface area contributed by atoms with E-state index < -0.39 is 7.14 Å². The minimum Gasteiger partial charge on any atom is -0.393 e. The maximum atomic E-state index is 12.5. The van der Waals surface area contributed by atoms with E-state index in [-0.39, 0.29) is 6.10 Å². The van der Waals surface area contributed by atoms with Gasteiger partial charge in [0, 0.05) is 17.6 Å². The maximum absolute atomic E-state index is 12.5. The zero-order valence-electron chi connectivity index (χ0n) is 8.10. The first-order valence-electron chi connectivity index (χ1n) is 5.02. The summed E-state index contributed by atoms with van der Waals surface area (Å²) in [6.07, 6.45) is 2.47. The highest BCUT2D eigenvalue weighted by atomic mass is 31.2. The Hall–Kier alpha value is -0.590. The van der Waals surface area contributed by atoms with Crippen molar-refractivity contribution in [3.8, 4) is 0 Å². The Morgan fingerprint density at radius 2 is 1.71 bits per heavy atom. The van der Waals surface area contributed by atoms with Crippen LogP contribution in [0.1, 0.15) is 12.8 Å². The maximum Gasteiger partial charge on any atom is 0.115 e. The number of rotatable bonds is 1. The van der Waals surface area contributed by atoms with Crippen LogP contribution in [-0.4, -0.2) is 23.5 Å². The van der Waals surface area contributed by atoms with E-state index in [4.69, 9.17) is 0 Å². The second-order valence-electron chi connectivity index (χ2n) is 3.90. The summed E-state index contributed by atoms with van der Waals surface area (Å²) in [5.74, 6) is 0. The van der Waals surface area contributed by atoms with Gasteiger partial charge >= 0.3 is 0 Å². The first-order valence-corrected chi connectivity index (χ1v) is 7.10. The van der Waals surface area contributed by atoms with Crippen LogP contribution < -0.4 is 5.30 Å². The van der Waals surface area contributed by atoms with Crippen LogP contribution in [0.5, 0.6) is 0 Å². The van der Waals surface area contributed by atoms with Gasteiger partial charge in [-0.15, -0.1) is 0 Å². The summed E-state index contributed by atoms with van der Waals surface area (Å²) in [6.45, 7) is 0. The lowest BCUT2D eigenvalue weighted by molar-refractivity contribution is 0.163. The third kappa shape index (κ3) is 1.92. The van der Waals surface area contributed by atoms with Crippen molar-refractivity contribution in [3.05, 3.63) is 30.3 Å². The van der Waals surface area contributed by atoms with E-state index in [1.54, 1.807) is 0 Å². The molecule has 2 rings (SSSR count). The zero-order chi connectivity index (χ0) is 10.0. The summed E-state index contributed by atoms with van der Waals surface area (Å²) in [5.41, 5.74) is 0. The minimum atomic E-state index is -2.16. The van der Waals surface area contributed by atoms with Gasteiger partial charge in [-0.3, -0.25) is 0 Å². The largest absolute Gasteiger partial charge is 0.393 e. The molecular formula is C11H15O2P. The standard InChI is InChI=1S/C11H15O2P/c12-10-6-8-14(13,9-7-10)11-4-2-1-3-5-11/h1-5,10,12H,6-9H2. The summed E-state index contributed by atoms with van der Waals surface area (Å²) in [6, 6.07) is 9.69. The van der Waals surface area contributed by atoms with Gasteiger partial charge in [0.05, 0.1) is 6.10 Å². The van der Waals surface area contributed by atoms with Crippen molar-refractivity contribution < 1.29 is 9.67 Å². The lowest BCUT2D eigenvalue weighted by Crippen LogP contribution is -2.23. The van der Waals surface area contributed by atoms with E-state index in [0.29, 0.717) is 25.2 Å². The molecular weight excluding hydrogens is 195 g/mol. The van der Waals surface area contributed by atoms with Gasteiger partial charge in [-0.1, -0.05) is 30.3 Å². The molecule has 1 aromatic rings. The number of hydrogen-bond donors (Lipinski definition) is 1. The highest BCUT2D eigenvalue weighted by Gasteiger charge is 2.30. The number of hydrogen-bond acceptors (Lipinski definition) is 2. The molecule has 0 saturated carbocycles. The molecule has 0 aliphatic carbocycles. The van der Waals surface area contributed by atoms with Crippen LogP contribution in [0.4, 0.5) is 0 Å². The third-order valence-corrected chi connectivity index (χ3v) is 6.07. The predicted octanol–water partition coefficient (Wildman–Crippen LogP) is 1.83. The van der Waals surface area contributed by atoms with Crippen LogP contribution in [0.3, 0.4) is 0 Å². The van der Waals surface area contributed by atoms with Gasteiger partial charge in [0.1, 0.15) is 7.14 Å². The van der Waals surface area contributed by atoms with Gasteiger partial charge < -0.3 is 9.67 Å². The summed E-state index contributed by atoms with van der Waals surface area (Å²) < 4.78 is 12.5. The first-order chi connectivity index (χ1) is 6.71. The predicted molar refractivity (Wildman–Crippen MR) is 58.7 cm³/mol. The molecule has 1 aliphatic heterocycles. The highest BCUT2D eigenvalue weighted by molar-refractivity contribution is 7.71. The average molecular weight is 210 g/mol. The van der Waals surface area contributed by atoms with Crippen molar-refractivity contribution in [2.45, 2.75) is 18.9 Å². The molecule has 1 N–H and O–H groups in total. The van der Waals surface area contributed by atoms with E-state index in [2.05, 4.69) is 0 Å². The van der Waals surface area contributed by atoms with Crippen molar-refractivity contribution >= 4 is 12.4 Å². The lowest BCUT2D eigenvalue weighted by atomic mass is 10.2. The van der Waals surface area contributed by atoms with E-state index in [0.717, 1.165) is 5.30 Å². The molecule has 0 radical (unpaired) electrons. The van der Waals surface area contributed by atoms with Crippen molar-refractivity contribution in [1.82, 2.24) is 0 Å². The fourth-order valence-corrected chi connectivity index (χ4v) is 4.81. The molecule has 1 aliphatic rings. The second-order valence-corrected chi connectivity index (χ2v) is 7.09. The van der Waals surface area contributed by atoms with Crippen molar-refractivity contribution in [3.63, 3.8) is 0 Å². The molecule has 14 heavy (non-hydrogen) atoms. The number of aliphatic hydroxyl groups is 1. The van der Waals surface area contributed by atoms with Crippen molar-refractivity contribution in [2.24, 2.45) is 0 Å². The highest BCUT2D eigenvalue weighted by Crippen LogP contribution is 2.48. The van der Waals surface area contributed by atoms with Crippen LogP contribution >= 0.6 is 7.14 Å². The molecule has 1 fully saturated rings. The van der Waals surface area contributed by atoms with Crippen molar-refractivity contribution in [2.75, 3.05) is 12.3 Å². The molecule has 1 heterocycles. The third-order valence-electron chi connectivity index (χ3n) is 2.87. The monoisotopic (exact) mass is 210 g/mol. The fraction of sp³-hybridized carbons (Fsp3) is 0.455. The Kier molecular flexibility index (Phi) is 2.76. The topological polar surface area (TPSA) is 37.3 Å². The molecule has 0 amide bonds. The van der Waals surface area contributed by atoms with Gasteiger partial charge in [0.25, 0.3) is 0 Å². The smallest absolute Gasteiger partial charge is 0.115 e. The van der Waals surface area contributed by atoms with Crippen LogP contribution in [0.2, 0.25) is 0 Å². The fourth-order valence-electron chi connectivity index (χ4n) is 1.93. The van der Waals surface area contributed by atoms with Crippen LogP contribution in [0.15, 0.2) is 30.3 Å². The molecule has 0 unspecified atom stereocenters. The normalized spacial score (nSPS) is 32.8. The molecule has 0 bridgehead atoms. The molecule has 1 aromatic carbocycles. The van der Waals surface area contributed by atoms with Gasteiger partial charge in [0.2, 0.25) is 0 Å². The lowest BCUT2D eigenvalue weighted by Gasteiger charge is -2.26. The average Bonchev–Trinajstić information content (AvgIpc) is 2.24. The first kappa shape index (κ1) is 9.95. The Bertz CT molecular complexity index is 336. The Balaban J connectivity index is 2.22. The zero-order valence-corrected chi connectivity index (χ0v) is 8.99. The summed E-state index contributed by atoms with van der Waals surface area (Å²) in [5, 5.41) is 10.3. The molecule has 3 heteroatoms. The molecule has 0 atom stereocenters. The summed E-state index contributed by atoms with van der Waals surface area (Å²) in [4.78, 5) is 0. The summed E-state index contributed by atoms with van der Waals surface area (Å²) >= 11 is 0. The Morgan fingerprint density at radius 1 is 1.14 bits per heavy atom. The molecule has 0 aromatic heterocycles. The SMILES string of the molecule is O=P1(c2ccccc2)CCC(O)CC1. The van der Waals surface area contributed by atoms with Crippen molar-refractivity contribution in [1.29, 1.82) is 0 Å². The quantitative estimate of drug-likeness (QED) is 0.718. The van der Waals surface area contributed by atoms with Gasteiger partial charge in [0.15, 0.2) is 0 Å². The van der Waals surface area contributed by atoms with Crippen LogP contribution in [0, 0.1) is 0 Å². The molecule has 0 spiro atoms. The number of aliphatic hydroxyl groups excluding tert-OH is 1. The minimum absolute atomic E-state index is 0.235.